The van der Waals surface area contributed by atoms with Crippen LogP contribution in [0.2, 0.25) is 0 Å². The third kappa shape index (κ3) is 4.91. The molecule has 0 bridgehead atoms. The minimum atomic E-state index is -0.683. The van der Waals surface area contributed by atoms with E-state index in [2.05, 4.69) is 10.6 Å². The van der Waals surface area contributed by atoms with Crippen LogP contribution in [-0.4, -0.2) is 25.5 Å². The van der Waals surface area contributed by atoms with Crippen molar-refractivity contribution in [3.63, 3.8) is 0 Å². The first kappa shape index (κ1) is 18.2. The summed E-state index contributed by atoms with van der Waals surface area (Å²) >= 11 is 1.61. The number of thiophene rings is 1. The van der Waals surface area contributed by atoms with Crippen LogP contribution < -0.4 is 10.6 Å². The lowest BCUT2D eigenvalue weighted by Crippen LogP contribution is -2.37. The second-order valence-electron chi connectivity index (χ2n) is 5.71. The Labute approximate surface area is 146 Å². The molecule has 1 aromatic carbocycles. The average Bonchev–Trinajstić information content (AvgIpc) is 2.93. The number of methoxy groups -OCH3 is 1. The molecular weight excluding hydrogens is 324 g/mol. The molecule has 0 aliphatic heterocycles. The molecule has 2 rings (SSSR count). The maximum atomic E-state index is 12.0. The van der Waals surface area contributed by atoms with Crippen molar-refractivity contribution in [2.24, 2.45) is 0 Å². The zero-order chi connectivity index (χ0) is 17.7. The van der Waals surface area contributed by atoms with Crippen LogP contribution in [0.5, 0.6) is 0 Å². The van der Waals surface area contributed by atoms with Crippen LogP contribution in [0.3, 0.4) is 0 Å². The van der Waals surface area contributed by atoms with Gasteiger partial charge in [0.2, 0.25) is 0 Å². The summed E-state index contributed by atoms with van der Waals surface area (Å²) in [5.74, 6) is -1.36. The maximum absolute atomic E-state index is 12.0. The largest absolute Gasteiger partial charge is 0.374 e. The van der Waals surface area contributed by atoms with Gasteiger partial charge in [0, 0.05) is 29.1 Å². The Hall–Kier alpha value is -2.18. The number of carbonyl (C=O) groups is 2. The lowest BCUT2D eigenvalue weighted by Gasteiger charge is -2.14. The Morgan fingerprint density at radius 1 is 1.08 bits per heavy atom. The van der Waals surface area contributed by atoms with Crippen LogP contribution in [0.4, 0.5) is 5.69 Å². The minimum absolute atomic E-state index is 0.246. The van der Waals surface area contributed by atoms with Crippen LogP contribution in [0.15, 0.2) is 30.3 Å². The number of rotatable bonds is 5. The van der Waals surface area contributed by atoms with Gasteiger partial charge < -0.3 is 15.4 Å². The summed E-state index contributed by atoms with van der Waals surface area (Å²) in [5.41, 5.74) is 2.67. The van der Waals surface area contributed by atoms with E-state index >= 15 is 0 Å². The number of hydrogen-bond donors (Lipinski definition) is 2. The average molecular weight is 346 g/mol. The van der Waals surface area contributed by atoms with Gasteiger partial charge in [-0.15, -0.1) is 11.3 Å². The summed E-state index contributed by atoms with van der Waals surface area (Å²) in [5, 5.41) is 5.24. The molecule has 0 spiro atoms. The van der Waals surface area contributed by atoms with Gasteiger partial charge in [0.1, 0.15) is 6.10 Å². The highest BCUT2D eigenvalue weighted by Crippen LogP contribution is 2.24. The number of nitrogens with one attached hydrogen (secondary N) is 2. The molecule has 1 atom stereocenters. The predicted molar refractivity (Wildman–Crippen MR) is 96.4 cm³/mol. The van der Waals surface area contributed by atoms with Crippen LogP contribution in [0.25, 0.3) is 0 Å². The van der Waals surface area contributed by atoms with E-state index < -0.39 is 11.8 Å². The van der Waals surface area contributed by atoms with Crippen LogP contribution in [-0.2, 0) is 14.3 Å². The number of carbonyl (C=O) groups excluding carboxylic acids is 2. The van der Waals surface area contributed by atoms with Gasteiger partial charge in [0.25, 0.3) is 0 Å². The Kier molecular flexibility index (Phi) is 6.11. The van der Waals surface area contributed by atoms with Gasteiger partial charge >= 0.3 is 11.8 Å². The first-order chi connectivity index (χ1) is 11.4. The van der Waals surface area contributed by atoms with Crippen molar-refractivity contribution in [3.05, 3.63) is 51.2 Å². The lowest BCUT2D eigenvalue weighted by atomic mass is 10.1. The fourth-order valence-corrected chi connectivity index (χ4v) is 3.38. The number of benzene rings is 1. The van der Waals surface area contributed by atoms with Crippen LogP contribution >= 0.6 is 11.3 Å². The Balaban J connectivity index is 1.92. The maximum Gasteiger partial charge on any atom is 0.313 e. The smallest absolute Gasteiger partial charge is 0.313 e. The van der Waals surface area contributed by atoms with E-state index in [9.17, 15) is 9.59 Å². The monoisotopic (exact) mass is 346 g/mol. The van der Waals surface area contributed by atoms with E-state index in [0.29, 0.717) is 5.69 Å². The molecule has 128 valence electrons. The topological polar surface area (TPSA) is 67.4 Å². The molecule has 0 radical (unpaired) electrons. The van der Waals surface area contributed by atoms with Gasteiger partial charge in [-0.1, -0.05) is 6.07 Å². The molecule has 2 N–H and O–H groups in total. The van der Waals surface area contributed by atoms with Gasteiger partial charge in [-0.05, 0) is 56.2 Å². The van der Waals surface area contributed by atoms with Crippen molar-refractivity contribution in [1.29, 1.82) is 0 Å². The minimum Gasteiger partial charge on any atom is -0.374 e. The van der Waals surface area contributed by atoms with Crippen molar-refractivity contribution in [2.45, 2.75) is 26.9 Å². The van der Waals surface area contributed by atoms with Crippen LogP contribution in [0.1, 0.15) is 27.0 Å². The molecule has 1 unspecified atom stereocenters. The van der Waals surface area contributed by atoms with Crippen LogP contribution in [0, 0.1) is 20.8 Å². The standard InChI is InChI=1S/C18H22N2O3S/c1-11-7-12(2)9-14(8-11)20-18(22)17(21)19-10-15(23-4)16-6-5-13(3)24-16/h5-9,15H,10H2,1-4H3,(H,19,21)(H,20,22). The summed E-state index contributed by atoms with van der Waals surface area (Å²) in [6.07, 6.45) is -0.262. The van der Waals surface area contributed by atoms with Gasteiger partial charge in [-0.3, -0.25) is 9.59 Å². The van der Waals surface area contributed by atoms with Gasteiger partial charge in [0.15, 0.2) is 0 Å². The molecule has 6 heteroatoms. The highest BCUT2D eigenvalue weighted by atomic mass is 32.1. The third-order valence-electron chi connectivity index (χ3n) is 3.50. The Bertz CT molecular complexity index is 719. The summed E-state index contributed by atoms with van der Waals surface area (Å²) in [7, 11) is 1.58. The van der Waals surface area contributed by atoms with Crippen molar-refractivity contribution >= 4 is 28.8 Å². The molecular formula is C18H22N2O3S. The molecule has 5 nitrogen and oxygen atoms in total. The first-order valence-electron chi connectivity index (χ1n) is 7.65. The highest BCUT2D eigenvalue weighted by molar-refractivity contribution is 7.12. The predicted octanol–water partition coefficient (Wildman–Crippen LogP) is 3.12. The zero-order valence-corrected chi connectivity index (χ0v) is 15.1. The highest BCUT2D eigenvalue weighted by Gasteiger charge is 2.18. The van der Waals surface area contributed by atoms with Crippen molar-refractivity contribution < 1.29 is 14.3 Å². The molecule has 2 aromatic rings. The third-order valence-corrected chi connectivity index (χ3v) is 4.59. The quantitative estimate of drug-likeness (QED) is 0.818. The van der Waals surface area contributed by atoms with E-state index in [4.69, 9.17) is 4.74 Å². The summed E-state index contributed by atoms with van der Waals surface area (Å²) in [4.78, 5) is 26.2. The SMILES string of the molecule is COC(CNC(=O)C(=O)Nc1cc(C)cc(C)c1)c1ccc(C)s1. The number of ether oxygens (including phenoxy) is 1. The number of aryl methyl sites for hydroxylation is 3. The molecule has 0 saturated heterocycles. The number of amides is 2. The van der Waals surface area contributed by atoms with Gasteiger partial charge in [-0.25, -0.2) is 0 Å². The molecule has 0 fully saturated rings. The summed E-state index contributed by atoms with van der Waals surface area (Å²) in [6.45, 7) is 6.14. The fraction of sp³-hybridized carbons (Fsp3) is 0.333. The Morgan fingerprint density at radius 3 is 2.29 bits per heavy atom. The van der Waals surface area contributed by atoms with E-state index in [1.165, 1.54) is 4.88 Å². The van der Waals surface area contributed by atoms with Crippen molar-refractivity contribution in [3.8, 4) is 0 Å². The van der Waals surface area contributed by atoms with Crippen molar-refractivity contribution in [2.75, 3.05) is 19.0 Å². The second-order valence-corrected chi connectivity index (χ2v) is 7.03. The molecule has 2 amide bonds. The van der Waals surface area contributed by atoms with E-state index in [1.54, 1.807) is 18.4 Å². The fourth-order valence-electron chi connectivity index (χ4n) is 2.43. The van der Waals surface area contributed by atoms with E-state index in [0.717, 1.165) is 16.0 Å². The van der Waals surface area contributed by atoms with Crippen molar-refractivity contribution in [1.82, 2.24) is 5.32 Å². The number of anilines is 1. The number of hydrogen-bond acceptors (Lipinski definition) is 4. The molecule has 0 aliphatic carbocycles. The molecule has 24 heavy (non-hydrogen) atoms. The molecule has 0 aliphatic rings. The van der Waals surface area contributed by atoms with Gasteiger partial charge in [-0.2, -0.15) is 0 Å². The summed E-state index contributed by atoms with van der Waals surface area (Å²) in [6, 6.07) is 9.62. The lowest BCUT2D eigenvalue weighted by molar-refractivity contribution is -0.136. The van der Waals surface area contributed by atoms with Gasteiger partial charge in [0.05, 0.1) is 0 Å². The Morgan fingerprint density at radius 2 is 1.75 bits per heavy atom. The normalized spacial score (nSPS) is 11.8. The molecule has 0 saturated carbocycles. The molecule has 1 heterocycles. The van der Waals surface area contributed by atoms with E-state index in [1.807, 2.05) is 51.1 Å². The zero-order valence-electron chi connectivity index (χ0n) is 14.3. The summed E-state index contributed by atoms with van der Waals surface area (Å²) < 4.78 is 5.39. The second kappa shape index (κ2) is 8.08. The first-order valence-corrected chi connectivity index (χ1v) is 8.47. The van der Waals surface area contributed by atoms with E-state index in [-0.39, 0.29) is 12.6 Å². The molecule has 1 aromatic heterocycles.